The molecule has 14 rings (SSSR count). The summed E-state index contributed by atoms with van der Waals surface area (Å²) in [6, 6.07) is 56.7. The number of carbonyl (C=O) groups is 3. The summed E-state index contributed by atoms with van der Waals surface area (Å²) in [4.78, 5) is 120. The van der Waals surface area contributed by atoms with Crippen LogP contribution >= 0.6 is 44.6 Å². The number of amides is 2. The smallest absolute Gasteiger partial charge is 0.298 e. The fourth-order valence-electron chi connectivity index (χ4n) is 8.94. The molecular formula is C69H57Cl4N21O14SZn. The molecule has 0 aliphatic heterocycles. The molecule has 0 saturated carbocycles. The van der Waals surface area contributed by atoms with E-state index in [1.54, 1.807) is 18.2 Å². The molecule has 558 valence electrons. The van der Waals surface area contributed by atoms with Crippen LogP contribution in [0.25, 0.3) is 54.5 Å². The molecular weight excluding hydrogens is 1590 g/mol. The Kier molecular flexibility index (Phi) is 35.1. The number of nitrogen functional groups attached to an aromatic ring is 2. The van der Waals surface area contributed by atoms with Gasteiger partial charge in [-0.05, 0) is 97.1 Å². The van der Waals surface area contributed by atoms with Crippen LogP contribution in [-0.2, 0) is 43.1 Å². The zero-order chi connectivity index (χ0) is 78.1. The quantitative estimate of drug-likeness (QED) is 0.00732. The van der Waals surface area contributed by atoms with Crippen LogP contribution in [0.1, 0.15) is 7.43 Å². The maximum atomic E-state index is 11.3. The molecule has 0 aliphatic carbocycles. The summed E-state index contributed by atoms with van der Waals surface area (Å²) >= 11 is 11.3. The Morgan fingerprint density at radius 3 is 1.26 bits per heavy atom. The molecule has 5 heterocycles. The van der Waals surface area contributed by atoms with Gasteiger partial charge in [0.15, 0.2) is 5.75 Å². The molecule has 0 fully saturated rings. The average molecular weight is 1640 g/mol. The predicted molar refractivity (Wildman–Crippen MR) is 419 cm³/mol. The van der Waals surface area contributed by atoms with Gasteiger partial charge >= 0.3 is 0 Å². The summed E-state index contributed by atoms with van der Waals surface area (Å²) in [6.45, 7) is 0.206. The van der Waals surface area contributed by atoms with E-state index in [-0.39, 0.29) is 91.3 Å². The summed E-state index contributed by atoms with van der Waals surface area (Å²) in [5.41, 5.74) is 21.9. The van der Waals surface area contributed by atoms with Crippen molar-refractivity contribution in [2.75, 3.05) is 38.6 Å². The number of non-ortho nitro benzene ring substituents is 4. The molecule has 11 N–H and O–H groups in total. The number of fused-ring (bicyclic) bond motifs is 5. The van der Waals surface area contributed by atoms with Gasteiger partial charge in [-0.3, -0.25) is 59.6 Å². The minimum atomic E-state index is -1.67. The van der Waals surface area contributed by atoms with E-state index in [2.05, 4.69) is 103 Å². The van der Waals surface area contributed by atoms with Gasteiger partial charge in [0.05, 0.1) is 64.7 Å². The third kappa shape index (κ3) is 26.8. The van der Waals surface area contributed by atoms with E-state index < -0.39 is 28.9 Å². The van der Waals surface area contributed by atoms with E-state index in [1.165, 1.54) is 92.3 Å². The fraction of sp³-hybridized carbons (Fsp3) is 0.0290. The minimum absolute atomic E-state index is 0. The second kappa shape index (κ2) is 44.4. The van der Waals surface area contributed by atoms with E-state index in [1.807, 2.05) is 115 Å². The number of benzene rings is 9. The summed E-state index contributed by atoms with van der Waals surface area (Å²) in [5.74, 6) is 1.90. The number of rotatable bonds is 14. The van der Waals surface area contributed by atoms with Gasteiger partial charge < -0.3 is 48.2 Å². The van der Waals surface area contributed by atoms with Gasteiger partial charge in [0.1, 0.15) is 53.8 Å². The molecule has 0 unspecified atom stereocenters. The number of carbonyl (C=O) groups excluding carboxylic acids is 3. The van der Waals surface area contributed by atoms with Crippen molar-refractivity contribution >= 4 is 201 Å². The van der Waals surface area contributed by atoms with Crippen LogP contribution in [0.2, 0.25) is 5.15 Å². The number of halogens is 4. The molecule has 0 atom stereocenters. The van der Waals surface area contributed by atoms with Gasteiger partial charge in [-0.25, -0.2) is 49.1 Å². The number of ether oxygens (including phenoxy) is 1. The zero-order valence-electron chi connectivity index (χ0n) is 55.7. The number of anilines is 9. The number of nitro groups is 4. The number of nitrogens with zero attached hydrogens (tertiary/aromatic N) is 13. The molecule has 41 heteroatoms. The number of nitrogens with one attached hydrogen (secondary N) is 5. The Morgan fingerprint density at radius 1 is 0.491 bits per heavy atom. The summed E-state index contributed by atoms with van der Waals surface area (Å²) in [7, 11) is 7.36. The molecule has 14 aromatic rings. The third-order valence-electron chi connectivity index (χ3n) is 13.6. The van der Waals surface area contributed by atoms with E-state index in [0.717, 1.165) is 56.1 Å². The number of nitro benzene ring substituents is 4. The Hall–Kier alpha value is -13.6. The molecule has 9 aromatic carbocycles. The monoisotopic (exact) mass is 1640 g/mol. The minimum Gasteiger partial charge on any atom is -0.427 e. The normalized spacial score (nSPS) is 9.83. The van der Waals surface area contributed by atoms with Crippen molar-refractivity contribution in [2.45, 2.75) is 7.43 Å². The second-order valence-corrected chi connectivity index (χ2v) is 23.8. The van der Waals surface area contributed by atoms with Crippen molar-refractivity contribution in [3.05, 3.63) is 288 Å². The van der Waals surface area contributed by atoms with Gasteiger partial charge in [0, 0.05) is 139 Å². The fourth-order valence-corrected chi connectivity index (χ4v) is 9.21. The van der Waals surface area contributed by atoms with Gasteiger partial charge in [-0.15, -0.1) is 11.6 Å². The van der Waals surface area contributed by atoms with Gasteiger partial charge in [0.2, 0.25) is 21.5 Å². The van der Waals surface area contributed by atoms with Crippen molar-refractivity contribution in [1.82, 2.24) is 49.8 Å². The van der Waals surface area contributed by atoms with Gasteiger partial charge in [-0.2, -0.15) is 0 Å². The third-order valence-corrected chi connectivity index (χ3v) is 14.2. The number of hydrogen-bond acceptors (Lipinski definition) is 28. The summed E-state index contributed by atoms with van der Waals surface area (Å²) < 4.78 is 13.5. The van der Waals surface area contributed by atoms with Crippen LogP contribution in [-0.4, -0.2) is 98.4 Å². The molecule has 5 aromatic heterocycles. The SMILES string of the molecule is C.NC=O.Nc1cc([N+](=O)[O-])ccc1OC=O.Nc1ccc2c(Nc3ccccc3)ncnc2c1.O=C(CCl)Nc1ccc2c(Nc3ccccc3)ncnc2c1.O=S(Cl)Cl.O=[N+]([O-])c1ccc2c(Cl)ncnc2c1.O=[N+]([O-])c1ccc2c(Nc3ccccc3)ncnc2c1.O=c1[nH]cnc2cc([N+](=O)[O-])ccc12.[Zn]. The average Bonchev–Trinajstić information content (AvgIpc) is 1.18. The topological polar surface area (TPSA) is 525 Å². The molecule has 35 nitrogen and oxygen atoms in total. The van der Waals surface area contributed by atoms with Crippen LogP contribution in [0.4, 0.5) is 74.3 Å². The molecule has 0 bridgehead atoms. The molecule has 110 heavy (non-hydrogen) atoms. The molecule has 0 radical (unpaired) electrons. The molecule has 0 saturated heterocycles. The van der Waals surface area contributed by atoms with Gasteiger partial charge in [-0.1, -0.05) is 73.6 Å². The van der Waals surface area contributed by atoms with E-state index >= 15 is 0 Å². The number of alkyl halides is 1. The molecule has 0 spiro atoms. The first-order valence-corrected chi connectivity index (χ1v) is 33.9. The van der Waals surface area contributed by atoms with Crippen LogP contribution in [0.3, 0.4) is 0 Å². The number of para-hydroxylation sites is 3. The van der Waals surface area contributed by atoms with E-state index in [9.17, 15) is 54.8 Å². The van der Waals surface area contributed by atoms with Gasteiger partial charge in [0.25, 0.3) is 34.8 Å². The Balaban J connectivity index is 0.000000233. The number of aromatic nitrogens is 10. The van der Waals surface area contributed by atoms with E-state index in [4.69, 9.17) is 43.7 Å². The van der Waals surface area contributed by atoms with Crippen molar-refractivity contribution < 1.29 is 62.5 Å². The van der Waals surface area contributed by atoms with Crippen molar-refractivity contribution in [3.63, 3.8) is 0 Å². The zero-order valence-corrected chi connectivity index (χ0v) is 62.5. The molecule has 2 amide bonds. The summed E-state index contributed by atoms with van der Waals surface area (Å²) in [6.07, 6.45) is 7.15. The Bertz CT molecular complexity index is 5600. The van der Waals surface area contributed by atoms with Crippen molar-refractivity contribution in [2.24, 2.45) is 5.73 Å². The predicted octanol–water partition coefficient (Wildman–Crippen LogP) is 14.3. The summed E-state index contributed by atoms with van der Waals surface area (Å²) in [5, 5.41) is 58.1. The number of aromatic amines is 1. The van der Waals surface area contributed by atoms with E-state index in [0.29, 0.717) is 55.5 Å². The number of primary amides is 1. The first kappa shape index (κ1) is 87.1. The van der Waals surface area contributed by atoms with Crippen LogP contribution in [0.15, 0.2) is 237 Å². The maximum absolute atomic E-state index is 11.3. The van der Waals surface area contributed by atoms with Crippen LogP contribution in [0.5, 0.6) is 5.75 Å². The number of H-pyrrole nitrogens is 1. The number of hydrogen-bond donors (Lipinski definition) is 8. The maximum Gasteiger partial charge on any atom is 0.298 e. The van der Waals surface area contributed by atoms with Crippen LogP contribution < -0.4 is 48.8 Å². The van der Waals surface area contributed by atoms with Crippen molar-refractivity contribution in [1.29, 1.82) is 0 Å². The first-order valence-electron chi connectivity index (χ1n) is 30.2. The number of nitrogens with two attached hydrogens (primary N) is 3. The molecule has 0 aliphatic rings. The van der Waals surface area contributed by atoms with Crippen molar-refractivity contribution in [3.8, 4) is 5.75 Å². The Labute approximate surface area is 654 Å². The Morgan fingerprint density at radius 2 is 0.845 bits per heavy atom. The second-order valence-electron chi connectivity index (χ2n) is 20.6. The first-order chi connectivity index (χ1) is 52.0. The van der Waals surface area contributed by atoms with Crippen LogP contribution in [0, 0.1) is 40.5 Å². The standard InChI is InChI=1S/C16H13ClN4O.C14H10N4O2.C14H12N4.C8H4ClN3O2.C8H5N3O3.C7H6N2O4.CH3NO.CH4.Cl2OS.Zn/c17-9-15(22)20-12-6-7-13-14(8-12)18-10-19-16(13)21-11-4-2-1-3-5-11;19-18(20)11-6-7-12-13(8-11)15-9-16-14(12)17-10-4-2-1-3-5-10;15-10-6-7-12-13(8-10)16-9-17-14(12)18-11-4-2-1-3-5-11;9-8-6-2-1-5(12(13)14)3-7(6)10-4-11-8;12-8-6-2-1-5(11(13)14)3-7(6)9-4-10-8;8-6-3-5(9(11)12)1-2-7(6)13-4-10;2-1-3;;1-4(2)3;/h1-8,10H,9H2,(H,20,22)(H,18,19,21);1-9H,(H,15,16,17);1-9H,15H2,(H,16,17,18);1-4H;1-4H,(H,9,10,12);1-4H,8H2;1H,(H2,2,3);1H4;;. The largest absolute Gasteiger partial charge is 0.427 e.